The van der Waals surface area contributed by atoms with E-state index in [1.54, 1.807) is 16.4 Å². The van der Waals surface area contributed by atoms with Gasteiger partial charge in [-0.1, -0.05) is 12.8 Å². The van der Waals surface area contributed by atoms with Gasteiger partial charge in [0.15, 0.2) is 0 Å². The molecule has 10 heteroatoms. The van der Waals surface area contributed by atoms with E-state index in [0.717, 1.165) is 57.7 Å². The van der Waals surface area contributed by atoms with Crippen molar-refractivity contribution in [1.29, 1.82) is 5.26 Å². The number of hydrogen-bond acceptors (Lipinski definition) is 8. The van der Waals surface area contributed by atoms with Crippen LogP contribution in [0.1, 0.15) is 56.9 Å². The lowest BCUT2D eigenvalue weighted by Crippen LogP contribution is -2.51. The molecule has 9 nitrogen and oxygen atoms in total. The van der Waals surface area contributed by atoms with Crippen molar-refractivity contribution in [3.05, 3.63) is 42.1 Å². The standard InChI is InChI=1S/C27H37N7O2S/c28-20-22-7-9-25(10-8-22)37(35,36)34-18-12-24(13-19-34)33-17-5-6-23(21-33)30-27-29-14-11-26(31-27)32-15-3-1-2-4-16-32/h7-11,14,23-24H,1-6,12-13,15-19,21H2,(H,29,30,31). The molecule has 0 bridgehead atoms. The molecular formula is C27H37N7O2S. The summed E-state index contributed by atoms with van der Waals surface area (Å²) >= 11 is 0. The Balaban J connectivity index is 1.15. The number of nitriles is 1. The second-order valence-corrected chi connectivity index (χ2v) is 12.3. The van der Waals surface area contributed by atoms with Gasteiger partial charge in [0.1, 0.15) is 5.82 Å². The van der Waals surface area contributed by atoms with Crippen LogP contribution in [0.15, 0.2) is 41.4 Å². The average molecular weight is 524 g/mol. The number of anilines is 2. The fourth-order valence-electron chi connectivity index (χ4n) is 5.83. The molecule has 1 unspecified atom stereocenters. The maximum Gasteiger partial charge on any atom is 0.243 e. The first-order valence-corrected chi connectivity index (χ1v) is 15.1. The zero-order valence-electron chi connectivity index (χ0n) is 21.4. The number of nitrogens with one attached hydrogen (secondary N) is 1. The highest BCUT2D eigenvalue weighted by molar-refractivity contribution is 7.89. The van der Waals surface area contributed by atoms with Gasteiger partial charge in [0.25, 0.3) is 0 Å². The second kappa shape index (κ2) is 11.8. The molecule has 0 radical (unpaired) electrons. The summed E-state index contributed by atoms with van der Waals surface area (Å²) < 4.78 is 27.8. The quantitative estimate of drug-likeness (QED) is 0.614. The van der Waals surface area contributed by atoms with Gasteiger partial charge in [-0.25, -0.2) is 13.4 Å². The molecule has 3 aliphatic heterocycles. The third-order valence-electron chi connectivity index (χ3n) is 7.92. The van der Waals surface area contributed by atoms with E-state index in [9.17, 15) is 8.42 Å². The van der Waals surface area contributed by atoms with Crippen molar-refractivity contribution >= 4 is 21.8 Å². The van der Waals surface area contributed by atoms with Crippen LogP contribution in [0.25, 0.3) is 0 Å². The molecule has 1 aromatic carbocycles. The maximum absolute atomic E-state index is 13.1. The predicted molar refractivity (Wildman–Crippen MR) is 144 cm³/mol. The molecule has 198 valence electrons. The van der Waals surface area contributed by atoms with Crippen molar-refractivity contribution in [2.45, 2.75) is 68.3 Å². The first-order chi connectivity index (χ1) is 18.0. The lowest BCUT2D eigenvalue weighted by molar-refractivity contribution is 0.112. The fraction of sp³-hybridized carbons (Fsp3) is 0.593. The summed E-state index contributed by atoms with van der Waals surface area (Å²) in [6.07, 6.45) is 10.7. The zero-order chi connectivity index (χ0) is 25.7. The molecule has 4 heterocycles. The summed E-state index contributed by atoms with van der Waals surface area (Å²) in [5.74, 6) is 1.72. The summed E-state index contributed by atoms with van der Waals surface area (Å²) in [5, 5.41) is 12.6. The zero-order valence-corrected chi connectivity index (χ0v) is 22.2. The number of benzene rings is 1. The van der Waals surface area contributed by atoms with Crippen LogP contribution in [0.3, 0.4) is 0 Å². The van der Waals surface area contributed by atoms with Crippen LogP contribution in [0.2, 0.25) is 0 Å². The van der Waals surface area contributed by atoms with Gasteiger partial charge in [0, 0.05) is 51.0 Å². The Hall–Kier alpha value is -2.74. The lowest BCUT2D eigenvalue weighted by atomic mass is 9.99. The Morgan fingerprint density at radius 3 is 2.32 bits per heavy atom. The highest BCUT2D eigenvalue weighted by atomic mass is 32.2. The molecule has 0 spiro atoms. The van der Waals surface area contributed by atoms with E-state index in [4.69, 9.17) is 10.2 Å². The van der Waals surface area contributed by atoms with Gasteiger partial charge in [-0.3, -0.25) is 4.90 Å². The van der Waals surface area contributed by atoms with Crippen molar-refractivity contribution in [3.63, 3.8) is 0 Å². The highest BCUT2D eigenvalue weighted by Crippen LogP contribution is 2.26. The van der Waals surface area contributed by atoms with Crippen LogP contribution in [-0.4, -0.2) is 78.9 Å². The van der Waals surface area contributed by atoms with Crippen LogP contribution in [0.5, 0.6) is 0 Å². The number of likely N-dealkylation sites (tertiary alicyclic amines) is 1. The summed E-state index contributed by atoms with van der Waals surface area (Å²) in [7, 11) is -3.54. The van der Waals surface area contributed by atoms with E-state index >= 15 is 0 Å². The van der Waals surface area contributed by atoms with Crippen LogP contribution in [0, 0.1) is 11.3 Å². The topological polar surface area (TPSA) is 105 Å². The second-order valence-electron chi connectivity index (χ2n) is 10.4. The summed E-state index contributed by atoms with van der Waals surface area (Å²) in [5.41, 5.74) is 0.463. The minimum absolute atomic E-state index is 0.259. The van der Waals surface area contributed by atoms with E-state index in [1.807, 2.05) is 18.3 Å². The molecule has 2 aromatic rings. The van der Waals surface area contributed by atoms with Crippen molar-refractivity contribution in [1.82, 2.24) is 19.2 Å². The molecule has 37 heavy (non-hydrogen) atoms. The van der Waals surface area contributed by atoms with Crippen molar-refractivity contribution < 1.29 is 8.42 Å². The number of rotatable bonds is 6. The average Bonchev–Trinajstić information content (AvgIpc) is 3.23. The molecule has 5 rings (SSSR count). The van der Waals surface area contributed by atoms with E-state index in [1.165, 1.54) is 37.8 Å². The number of piperidine rings is 2. The number of sulfonamides is 1. The third kappa shape index (κ3) is 6.22. The van der Waals surface area contributed by atoms with E-state index < -0.39 is 10.0 Å². The van der Waals surface area contributed by atoms with E-state index in [0.29, 0.717) is 30.6 Å². The molecule has 3 aliphatic rings. The number of nitrogens with zero attached hydrogens (tertiary/aromatic N) is 6. The highest BCUT2D eigenvalue weighted by Gasteiger charge is 2.33. The van der Waals surface area contributed by atoms with Gasteiger partial charge in [-0.15, -0.1) is 0 Å². The van der Waals surface area contributed by atoms with Crippen LogP contribution in [0.4, 0.5) is 11.8 Å². The maximum atomic E-state index is 13.1. The predicted octanol–water partition coefficient (Wildman–Crippen LogP) is 3.46. The minimum atomic E-state index is -3.54. The Labute approximate surface area is 220 Å². The molecule has 0 aliphatic carbocycles. The van der Waals surface area contributed by atoms with Gasteiger partial charge in [-0.05, 0) is 75.4 Å². The Kier molecular flexibility index (Phi) is 8.23. The summed E-state index contributed by atoms with van der Waals surface area (Å²) in [4.78, 5) is 14.5. The van der Waals surface area contributed by atoms with Crippen LogP contribution >= 0.6 is 0 Å². The molecular weight excluding hydrogens is 486 g/mol. The fourth-order valence-corrected chi connectivity index (χ4v) is 7.30. The van der Waals surface area contributed by atoms with Crippen LogP contribution in [-0.2, 0) is 10.0 Å². The van der Waals surface area contributed by atoms with Crippen molar-refractivity contribution in [2.24, 2.45) is 0 Å². The molecule has 1 N–H and O–H groups in total. The number of hydrogen-bond donors (Lipinski definition) is 1. The van der Waals surface area contributed by atoms with Gasteiger partial charge in [-0.2, -0.15) is 14.6 Å². The largest absolute Gasteiger partial charge is 0.356 e. The summed E-state index contributed by atoms with van der Waals surface area (Å²) in [6.45, 7) is 5.12. The Morgan fingerprint density at radius 2 is 1.62 bits per heavy atom. The minimum Gasteiger partial charge on any atom is -0.356 e. The first kappa shape index (κ1) is 25.9. The van der Waals surface area contributed by atoms with Gasteiger partial charge < -0.3 is 10.2 Å². The molecule has 3 fully saturated rings. The van der Waals surface area contributed by atoms with Crippen molar-refractivity contribution in [2.75, 3.05) is 49.5 Å². The molecule has 3 saturated heterocycles. The first-order valence-electron chi connectivity index (χ1n) is 13.6. The van der Waals surface area contributed by atoms with Gasteiger partial charge in [0.2, 0.25) is 16.0 Å². The number of aromatic nitrogens is 2. The van der Waals surface area contributed by atoms with Crippen molar-refractivity contribution in [3.8, 4) is 6.07 Å². The van der Waals surface area contributed by atoms with Gasteiger partial charge in [0.05, 0.1) is 16.5 Å². The van der Waals surface area contributed by atoms with E-state index in [-0.39, 0.29) is 10.9 Å². The lowest BCUT2D eigenvalue weighted by Gasteiger charge is -2.42. The molecule has 1 atom stereocenters. The monoisotopic (exact) mass is 523 g/mol. The molecule has 1 aromatic heterocycles. The normalized spacial score (nSPS) is 22.8. The third-order valence-corrected chi connectivity index (χ3v) is 9.83. The Morgan fingerprint density at radius 1 is 0.892 bits per heavy atom. The smallest absolute Gasteiger partial charge is 0.243 e. The molecule has 0 saturated carbocycles. The Bertz CT molecular complexity index is 1180. The van der Waals surface area contributed by atoms with Crippen LogP contribution < -0.4 is 10.2 Å². The van der Waals surface area contributed by atoms with E-state index in [2.05, 4.69) is 20.1 Å². The molecule has 0 amide bonds. The van der Waals surface area contributed by atoms with Gasteiger partial charge >= 0.3 is 0 Å². The summed E-state index contributed by atoms with van der Waals surface area (Å²) in [6, 6.07) is 10.9. The SMILES string of the molecule is N#Cc1ccc(S(=O)(=O)N2CCC(N3CCCC(Nc4nccc(N5CCCCCC5)n4)C3)CC2)cc1.